The van der Waals surface area contributed by atoms with Gasteiger partial charge in [-0.2, -0.15) is 0 Å². The predicted molar refractivity (Wildman–Crippen MR) is 78.4 cm³/mol. The summed E-state index contributed by atoms with van der Waals surface area (Å²) in [5, 5.41) is 2.29. The number of rotatable bonds is 10. The van der Waals surface area contributed by atoms with E-state index in [0.717, 1.165) is 26.2 Å². The Kier molecular flexibility index (Phi) is 6.57. The van der Waals surface area contributed by atoms with E-state index >= 15 is 0 Å². The van der Waals surface area contributed by atoms with Gasteiger partial charge in [-0.1, -0.05) is 27.7 Å². The van der Waals surface area contributed by atoms with Crippen molar-refractivity contribution in [3.8, 4) is 0 Å². The van der Waals surface area contributed by atoms with Crippen LogP contribution in [0.1, 0.15) is 40.5 Å². The Balaban J connectivity index is 2.34. The molecule has 108 valence electrons. The minimum Gasteiger partial charge on any atom is -0.304 e. The summed E-state index contributed by atoms with van der Waals surface area (Å²) in [6.07, 6.45) is 2.46. The van der Waals surface area contributed by atoms with Crippen molar-refractivity contribution in [3.63, 3.8) is 0 Å². The van der Waals surface area contributed by atoms with Gasteiger partial charge in [-0.05, 0) is 39.0 Å². The second-order valence-electron chi connectivity index (χ2n) is 5.26. The fourth-order valence-corrected chi connectivity index (χ4v) is 2.63. The quantitative estimate of drug-likeness (QED) is 0.602. The zero-order chi connectivity index (χ0) is 13.6. The molecule has 0 bridgehead atoms. The van der Waals surface area contributed by atoms with Crippen LogP contribution in [0.2, 0.25) is 0 Å². The Morgan fingerprint density at radius 1 is 0.833 bits per heavy atom. The molecule has 1 rings (SSSR count). The van der Waals surface area contributed by atoms with Crippen molar-refractivity contribution in [1.29, 1.82) is 0 Å². The van der Waals surface area contributed by atoms with E-state index in [1.807, 2.05) is 0 Å². The molecule has 0 aromatic carbocycles. The molecule has 0 aliphatic carbocycles. The van der Waals surface area contributed by atoms with Crippen LogP contribution in [-0.4, -0.2) is 66.8 Å². The van der Waals surface area contributed by atoms with Crippen molar-refractivity contribution >= 4 is 0 Å². The molecule has 0 amide bonds. The van der Waals surface area contributed by atoms with Crippen LogP contribution in [0.5, 0.6) is 0 Å². The fourth-order valence-electron chi connectivity index (χ4n) is 2.63. The summed E-state index contributed by atoms with van der Waals surface area (Å²) in [6.45, 7) is 16.0. The van der Waals surface area contributed by atoms with Gasteiger partial charge in [0.2, 0.25) is 0 Å². The molecule has 1 aliphatic rings. The average Bonchev–Trinajstić information content (AvgIpc) is 3.03. The van der Waals surface area contributed by atoms with Gasteiger partial charge in [0.25, 0.3) is 0 Å². The van der Waals surface area contributed by atoms with Crippen molar-refractivity contribution in [2.24, 2.45) is 0 Å². The van der Waals surface area contributed by atoms with Crippen LogP contribution in [0.25, 0.3) is 0 Å². The normalized spacial score (nSPS) is 21.8. The van der Waals surface area contributed by atoms with Gasteiger partial charge in [0.05, 0.1) is 5.66 Å². The summed E-state index contributed by atoms with van der Waals surface area (Å²) in [7, 11) is 2.17. The van der Waals surface area contributed by atoms with Gasteiger partial charge in [0, 0.05) is 20.1 Å². The van der Waals surface area contributed by atoms with Crippen LogP contribution >= 0.6 is 0 Å². The van der Waals surface area contributed by atoms with Crippen molar-refractivity contribution in [2.45, 2.75) is 46.2 Å². The van der Waals surface area contributed by atoms with E-state index in [1.165, 1.54) is 25.9 Å². The fraction of sp³-hybridized carbons (Fsp3) is 1.00. The monoisotopic (exact) mass is 256 g/mol. The first-order valence-corrected chi connectivity index (χ1v) is 7.58. The van der Waals surface area contributed by atoms with Gasteiger partial charge in [-0.25, -0.2) is 10.4 Å². The summed E-state index contributed by atoms with van der Waals surface area (Å²) in [4.78, 5) is 5.01. The predicted octanol–water partition coefficient (Wildman–Crippen LogP) is 1.60. The number of hydrogen-bond donors (Lipinski definition) is 1. The molecule has 1 aliphatic heterocycles. The Labute approximate surface area is 113 Å². The second kappa shape index (κ2) is 7.43. The smallest absolute Gasteiger partial charge is 0.0995 e. The van der Waals surface area contributed by atoms with Crippen LogP contribution in [0, 0.1) is 0 Å². The lowest BCUT2D eigenvalue weighted by molar-refractivity contribution is 0.237. The zero-order valence-corrected chi connectivity index (χ0v) is 13.0. The van der Waals surface area contributed by atoms with Crippen molar-refractivity contribution < 1.29 is 0 Å². The van der Waals surface area contributed by atoms with E-state index < -0.39 is 0 Å². The molecule has 1 heterocycles. The molecule has 1 saturated heterocycles. The molecule has 1 atom stereocenters. The molecule has 0 aromatic rings. The number of nitrogens with zero attached hydrogens (tertiary/aromatic N) is 3. The molecule has 0 saturated carbocycles. The first-order valence-electron chi connectivity index (χ1n) is 7.58. The van der Waals surface area contributed by atoms with Gasteiger partial charge < -0.3 is 9.80 Å². The van der Waals surface area contributed by atoms with Crippen molar-refractivity contribution in [3.05, 3.63) is 0 Å². The van der Waals surface area contributed by atoms with Crippen LogP contribution in [0.15, 0.2) is 0 Å². The summed E-state index contributed by atoms with van der Waals surface area (Å²) in [5.41, 5.74) is 3.80. The molecule has 0 aromatic heterocycles. The van der Waals surface area contributed by atoms with E-state index in [1.54, 1.807) is 0 Å². The summed E-state index contributed by atoms with van der Waals surface area (Å²) in [5.74, 6) is 0. The number of hydrazine groups is 1. The maximum atomic E-state index is 3.53. The first-order chi connectivity index (χ1) is 8.61. The van der Waals surface area contributed by atoms with Crippen LogP contribution in [0.4, 0.5) is 0 Å². The van der Waals surface area contributed by atoms with E-state index in [9.17, 15) is 0 Å². The SMILES string of the molecule is CCN(CC)CCC1(CCN(CC)CC)NN1C. The third-order valence-corrected chi connectivity index (χ3v) is 4.44. The highest BCUT2D eigenvalue weighted by Gasteiger charge is 2.48. The van der Waals surface area contributed by atoms with Gasteiger partial charge in [-0.3, -0.25) is 0 Å². The minimum atomic E-state index is 0.269. The van der Waals surface area contributed by atoms with E-state index in [2.05, 4.69) is 55.0 Å². The summed E-state index contributed by atoms with van der Waals surface area (Å²) >= 11 is 0. The lowest BCUT2D eigenvalue weighted by atomic mass is 10.1. The highest BCUT2D eigenvalue weighted by Crippen LogP contribution is 2.31. The molecule has 0 spiro atoms. The summed E-state index contributed by atoms with van der Waals surface area (Å²) < 4.78 is 0. The standard InChI is InChI=1S/C14H32N4/c1-6-17(7-2)12-10-14(15-16(14)5)11-13-18(8-3)9-4/h15H,6-13H2,1-5H3. The molecule has 4 nitrogen and oxygen atoms in total. The molecule has 18 heavy (non-hydrogen) atoms. The third-order valence-electron chi connectivity index (χ3n) is 4.44. The highest BCUT2D eigenvalue weighted by atomic mass is 15.8. The van der Waals surface area contributed by atoms with Gasteiger partial charge in [-0.15, -0.1) is 0 Å². The zero-order valence-electron chi connectivity index (χ0n) is 13.0. The molecule has 1 unspecified atom stereocenters. The second-order valence-corrected chi connectivity index (χ2v) is 5.26. The maximum absolute atomic E-state index is 3.53. The van der Waals surface area contributed by atoms with Crippen molar-refractivity contribution in [2.75, 3.05) is 46.3 Å². The lowest BCUT2D eigenvalue weighted by Gasteiger charge is -2.24. The molecule has 0 radical (unpaired) electrons. The van der Waals surface area contributed by atoms with Gasteiger partial charge in [0.15, 0.2) is 0 Å². The molecular weight excluding hydrogens is 224 g/mol. The first kappa shape index (κ1) is 15.9. The number of nitrogens with one attached hydrogen (secondary N) is 1. The number of hydrogen-bond acceptors (Lipinski definition) is 4. The Hall–Kier alpha value is -0.160. The molecule has 1 N–H and O–H groups in total. The van der Waals surface area contributed by atoms with E-state index in [4.69, 9.17) is 0 Å². The van der Waals surface area contributed by atoms with Gasteiger partial charge in [0.1, 0.15) is 0 Å². The molecular formula is C14H32N4. The Morgan fingerprint density at radius 2 is 1.17 bits per heavy atom. The molecule has 1 fully saturated rings. The average molecular weight is 256 g/mol. The topological polar surface area (TPSA) is 31.4 Å². The maximum Gasteiger partial charge on any atom is 0.0995 e. The molecule has 4 heteroatoms. The summed E-state index contributed by atoms with van der Waals surface area (Å²) in [6, 6.07) is 0. The van der Waals surface area contributed by atoms with E-state index in [-0.39, 0.29) is 5.66 Å². The van der Waals surface area contributed by atoms with Crippen molar-refractivity contribution in [1.82, 2.24) is 20.2 Å². The Bertz CT molecular complexity index is 208. The van der Waals surface area contributed by atoms with Gasteiger partial charge >= 0.3 is 0 Å². The lowest BCUT2D eigenvalue weighted by Crippen LogP contribution is -2.34. The van der Waals surface area contributed by atoms with Crippen LogP contribution in [0.3, 0.4) is 0 Å². The van der Waals surface area contributed by atoms with Crippen LogP contribution in [-0.2, 0) is 0 Å². The highest BCUT2D eigenvalue weighted by molar-refractivity contribution is 4.97. The van der Waals surface area contributed by atoms with Crippen LogP contribution < -0.4 is 5.43 Å². The third kappa shape index (κ3) is 4.19. The minimum absolute atomic E-state index is 0.269. The Morgan fingerprint density at radius 3 is 1.39 bits per heavy atom. The van der Waals surface area contributed by atoms with E-state index in [0.29, 0.717) is 0 Å². The largest absolute Gasteiger partial charge is 0.304 e.